The zero-order chi connectivity index (χ0) is 10.6. The van der Waals surface area contributed by atoms with E-state index in [1.165, 1.54) is 0 Å². The molecule has 1 N–H and O–H groups in total. The Bertz CT molecular complexity index is 269. The van der Waals surface area contributed by atoms with E-state index in [9.17, 15) is 8.42 Å². The summed E-state index contributed by atoms with van der Waals surface area (Å²) in [6, 6.07) is 0.0868. The van der Waals surface area contributed by atoms with Crippen LogP contribution in [0, 0.1) is 0 Å². The van der Waals surface area contributed by atoms with Crippen LogP contribution in [0.1, 0.15) is 26.2 Å². The standard InChI is InChI=1S/C8H16ClNO2S2/c1-2-13-8-5-3-4-7(8)10-14(11,12)6-9/h7-8,10H,2-6H2,1H3. The summed E-state index contributed by atoms with van der Waals surface area (Å²) in [7, 11) is -3.25. The number of halogens is 1. The van der Waals surface area contributed by atoms with Crippen LogP contribution >= 0.6 is 23.4 Å². The van der Waals surface area contributed by atoms with Gasteiger partial charge >= 0.3 is 0 Å². The highest BCUT2D eigenvalue weighted by molar-refractivity contribution is 8.00. The zero-order valence-corrected chi connectivity index (χ0v) is 10.6. The van der Waals surface area contributed by atoms with E-state index in [0.29, 0.717) is 5.25 Å². The lowest BCUT2D eigenvalue weighted by atomic mass is 10.3. The summed E-state index contributed by atoms with van der Waals surface area (Å²) in [6.07, 6.45) is 3.15. The second-order valence-electron chi connectivity index (χ2n) is 3.37. The highest BCUT2D eigenvalue weighted by atomic mass is 35.5. The fourth-order valence-corrected chi connectivity index (χ4v) is 4.02. The van der Waals surface area contributed by atoms with Crippen LogP contribution in [0.4, 0.5) is 0 Å². The van der Waals surface area contributed by atoms with Crippen molar-refractivity contribution in [2.75, 3.05) is 11.0 Å². The summed E-state index contributed by atoms with van der Waals surface area (Å²) in [6.45, 7) is 2.09. The van der Waals surface area contributed by atoms with Gasteiger partial charge in [-0.2, -0.15) is 11.8 Å². The Labute approximate surface area is 95.0 Å². The van der Waals surface area contributed by atoms with Crippen LogP contribution in [-0.2, 0) is 10.0 Å². The van der Waals surface area contributed by atoms with Gasteiger partial charge in [0, 0.05) is 11.3 Å². The molecule has 0 saturated heterocycles. The topological polar surface area (TPSA) is 46.2 Å². The minimum atomic E-state index is -3.25. The number of hydrogen-bond acceptors (Lipinski definition) is 3. The molecule has 0 amide bonds. The Morgan fingerprint density at radius 3 is 2.79 bits per heavy atom. The van der Waals surface area contributed by atoms with Gasteiger partial charge in [-0.25, -0.2) is 13.1 Å². The molecule has 0 bridgehead atoms. The lowest BCUT2D eigenvalue weighted by Gasteiger charge is -2.19. The van der Waals surface area contributed by atoms with Crippen LogP contribution in [0.15, 0.2) is 0 Å². The second-order valence-corrected chi connectivity index (χ2v) is 7.23. The van der Waals surface area contributed by atoms with E-state index in [2.05, 4.69) is 11.6 Å². The first-order valence-electron chi connectivity index (χ1n) is 4.76. The number of thioether (sulfide) groups is 1. The van der Waals surface area contributed by atoms with Crippen molar-refractivity contribution in [2.45, 2.75) is 37.5 Å². The van der Waals surface area contributed by atoms with E-state index in [1.807, 2.05) is 11.8 Å². The molecule has 1 saturated carbocycles. The lowest BCUT2D eigenvalue weighted by molar-refractivity contribution is 0.559. The third-order valence-electron chi connectivity index (χ3n) is 2.31. The summed E-state index contributed by atoms with van der Waals surface area (Å²) in [5.74, 6) is 1.03. The molecule has 0 heterocycles. The van der Waals surface area contributed by atoms with Gasteiger partial charge in [-0.15, -0.1) is 11.6 Å². The predicted molar refractivity (Wildman–Crippen MR) is 62.3 cm³/mol. The molecule has 2 unspecified atom stereocenters. The fraction of sp³-hybridized carbons (Fsp3) is 1.00. The third kappa shape index (κ3) is 3.61. The maximum absolute atomic E-state index is 11.3. The number of hydrogen-bond donors (Lipinski definition) is 1. The minimum absolute atomic E-state index is 0.0868. The van der Waals surface area contributed by atoms with Crippen molar-refractivity contribution in [1.82, 2.24) is 4.72 Å². The first-order valence-corrected chi connectivity index (χ1v) is 8.00. The molecule has 0 aromatic rings. The Kier molecular flexibility index (Phi) is 5.03. The molecular weight excluding hydrogens is 242 g/mol. The van der Waals surface area contributed by atoms with E-state index in [4.69, 9.17) is 11.6 Å². The van der Waals surface area contributed by atoms with Gasteiger partial charge in [-0.1, -0.05) is 13.3 Å². The normalized spacial score (nSPS) is 28.1. The number of rotatable bonds is 5. The van der Waals surface area contributed by atoms with Crippen LogP contribution in [-0.4, -0.2) is 30.7 Å². The maximum Gasteiger partial charge on any atom is 0.225 e. The van der Waals surface area contributed by atoms with Crippen LogP contribution in [0.5, 0.6) is 0 Å². The van der Waals surface area contributed by atoms with E-state index in [-0.39, 0.29) is 11.3 Å². The molecule has 84 valence electrons. The lowest BCUT2D eigenvalue weighted by Crippen LogP contribution is -2.39. The average Bonchev–Trinajstić information content (AvgIpc) is 2.53. The van der Waals surface area contributed by atoms with Crippen LogP contribution in [0.3, 0.4) is 0 Å². The Hall–Kier alpha value is 0.550. The summed E-state index contributed by atoms with van der Waals surface area (Å²) in [5, 5.41) is 0.0884. The van der Waals surface area contributed by atoms with Gasteiger partial charge < -0.3 is 0 Å². The highest BCUT2D eigenvalue weighted by Gasteiger charge is 2.30. The van der Waals surface area contributed by atoms with E-state index in [1.54, 1.807) is 0 Å². The van der Waals surface area contributed by atoms with Gasteiger partial charge in [0.15, 0.2) is 0 Å². The maximum atomic E-state index is 11.3. The Morgan fingerprint density at radius 2 is 2.21 bits per heavy atom. The molecule has 1 aliphatic carbocycles. The van der Waals surface area contributed by atoms with Crippen molar-refractivity contribution in [3.63, 3.8) is 0 Å². The van der Waals surface area contributed by atoms with Crippen molar-refractivity contribution < 1.29 is 8.42 Å². The van der Waals surface area contributed by atoms with E-state index >= 15 is 0 Å². The van der Waals surface area contributed by atoms with Crippen molar-refractivity contribution in [3.8, 4) is 0 Å². The summed E-state index contributed by atoms with van der Waals surface area (Å²) in [4.78, 5) is 0. The molecule has 0 aromatic heterocycles. The molecule has 1 aliphatic rings. The zero-order valence-electron chi connectivity index (χ0n) is 8.20. The van der Waals surface area contributed by atoms with Crippen molar-refractivity contribution >= 4 is 33.4 Å². The minimum Gasteiger partial charge on any atom is -0.211 e. The molecule has 0 spiro atoms. The van der Waals surface area contributed by atoms with Crippen LogP contribution in [0.2, 0.25) is 0 Å². The quantitative estimate of drug-likeness (QED) is 0.764. The highest BCUT2D eigenvalue weighted by Crippen LogP contribution is 2.30. The molecule has 0 aliphatic heterocycles. The smallest absolute Gasteiger partial charge is 0.211 e. The van der Waals surface area contributed by atoms with Gasteiger partial charge in [0.1, 0.15) is 5.21 Å². The van der Waals surface area contributed by atoms with E-state index < -0.39 is 10.0 Å². The molecule has 14 heavy (non-hydrogen) atoms. The van der Waals surface area contributed by atoms with Gasteiger partial charge in [0.05, 0.1) is 0 Å². The average molecular weight is 258 g/mol. The SMILES string of the molecule is CCSC1CCCC1NS(=O)(=O)CCl. The summed E-state index contributed by atoms with van der Waals surface area (Å²) < 4.78 is 25.2. The second kappa shape index (κ2) is 5.58. The van der Waals surface area contributed by atoms with Crippen molar-refractivity contribution in [3.05, 3.63) is 0 Å². The largest absolute Gasteiger partial charge is 0.225 e. The molecule has 3 nitrogen and oxygen atoms in total. The molecule has 0 radical (unpaired) electrons. The molecule has 6 heteroatoms. The molecular formula is C8H16ClNO2S2. The summed E-state index contributed by atoms with van der Waals surface area (Å²) in [5.41, 5.74) is 0. The van der Waals surface area contributed by atoms with Gasteiger partial charge in [0.25, 0.3) is 0 Å². The van der Waals surface area contributed by atoms with E-state index in [0.717, 1.165) is 25.0 Å². The van der Waals surface area contributed by atoms with Crippen molar-refractivity contribution in [2.24, 2.45) is 0 Å². The number of nitrogens with one attached hydrogen (secondary N) is 1. The Balaban J connectivity index is 2.51. The number of alkyl halides is 1. The van der Waals surface area contributed by atoms with Crippen LogP contribution in [0.25, 0.3) is 0 Å². The van der Waals surface area contributed by atoms with Gasteiger partial charge in [0.2, 0.25) is 10.0 Å². The Morgan fingerprint density at radius 1 is 1.50 bits per heavy atom. The number of sulfonamides is 1. The fourth-order valence-electron chi connectivity index (χ4n) is 1.74. The molecule has 1 rings (SSSR count). The first-order chi connectivity index (χ1) is 6.59. The van der Waals surface area contributed by atoms with Crippen LogP contribution < -0.4 is 4.72 Å². The van der Waals surface area contributed by atoms with Gasteiger partial charge in [-0.3, -0.25) is 0 Å². The third-order valence-corrected chi connectivity index (χ3v) is 5.44. The van der Waals surface area contributed by atoms with Gasteiger partial charge in [-0.05, 0) is 18.6 Å². The van der Waals surface area contributed by atoms with Crippen molar-refractivity contribution in [1.29, 1.82) is 0 Å². The molecule has 1 fully saturated rings. The molecule has 0 aromatic carbocycles. The summed E-state index contributed by atoms with van der Waals surface area (Å²) >= 11 is 7.17. The first kappa shape index (κ1) is 12.6. The molecule has 2 atom stereocenters. The monoisotopic (exact) mass is 257 g/mol. The predicted octanol–water partition coefficient (Wildman–Crippen LogP) is 1.78.